The number of nitrogens with two attached hydrogens (primary N) is 1. The van der Waals surface area contributed by atoms with Crippen LogP contribution in [0.1, 0.15) is 28.8 Å². The third-order valence-corrected chi connectivity index (χ3v) is 4.85. The van der Waals surface area contributed by atoms with E-state index in [0.29, 0.717) is 43.6 Å². The third kappa shape index (κ3) is 4.94. The fourth-order valence-electron chi connectivity index (χ4n) is 3.24. The molecule has 0 radical (unpaired) electrons. The Labute approximate surface area is 158 Å². The van der Waals surface area contributed by atoms with E-state index in [9.17, 15) is 14.4 Å². The molecular formula is C21H23N3O3. The second-order valence-corrected chi connectivity index (χ2v) is 6.75. The lowest BCUT2D eigenvalue weighted by Crippen LogP contribution is -2.42. The van der Waals surface area contributed by atoms with Crippen LogP contribution in [0, 0.1) is 5.92 Å². The summed E-state index contributed by atoms with van der Waals surface area (Å²) in [6.45, 7) is 1.18. The minimum absolute atomic E-state index is 0.0583. The van der Waals surface area contributed by atoms with Gasteiger partial charge in [0.1, 0.15) is 0 Å². The zero-order valence-electron chi connectivity index (χ0n) is 15.1. The molecule has 0 saturated carbocycles. The van der Waals surface area contributed by atoms with Gasteiger partial charge in [-0.3, -0.25) is 14.4 Å². The average molecular weight is 365 g/mol. The normalized spacial score (nSPS) is 14.6. The molecule has 0 aliphatic carbocycles. The first-order valence-corrected chi connectivity index (χ1v) is 9.05. The molecule has 0 atom stereocenters. The second kappa shape index (κ2) is 8.49. The summed E-state index contributed by atoms with van der Waals surface area (Å²) in [7, 11) is 0. The SMILES string of the molecule is NC(=O)c1ccc(NC(=O)C2CCN(C(=O)Cc3ccccc3)CC2)cc1. The van der Waals surface area contributed by atoms with Crippen LogP contribution >= 0.6 is 0 Å². The van der Waals surface area contributed by atoms with Crippen molar-refractivity contribution in [2.75, 3.05) is 18.4 Å². The maximum Gasteiger partial charge on any atom is 0.248 e. The first-order valence-electron chi connectivity index (χ1n) is 9.05. The van der Waals surface area contributed by atoms with E-state index in [4.69, 9.17) is 5.73 Å². The van der Waals surface area contributed by atoms with Crippen molar-refractivity contribution in [2.24, 2.45) is 11.7 Å². The molecule has 0 aromatic heterocycles. The van der Waals surface area contributed by atoms with Gasteiger partial charge in [0.2, 0.25) is 17.7 Å². The Hall–Kier alpha value is -3.15. The number of hydrogen-bond acceptors (Lipinski definition) is 3. The fourth-order valence-corrected chi connectivity index (χ4v) is 3.24. The lowest BCUT2D eigenvalue weighted by molar-refractivity contribution is -0.133. The van der Waals surface area contributed by atoms with Gasteiger partial charge in [-0.1, -0.05) is 30.3 Å². The van der Waals surface area contributed by atoms with Gasteiger partial charge in [0.05, 0.1) is 6.42 Å². The van der Waals surface area contributed by atoms with Crippen LogP contribution in [0.2, 0.25) is 0 Å². The number of hydrogen-bond donors (Lipinski definition) is 2. The standard InChI is InChI=1S/C21H23N3O3/c22-20(26)16-6-8-18(9-7-16)23-21(27)17-10-12-24(13-11-17)19(25)14-15-4-2-1-3-5-15/h1-9,17H,10-14H2,(H2,22,26)(H,23,27). The number of carbonyl (C=O) groups excluding carboxylic acids is 3. The Bertz CT molecular complexity index is 810. The molecule has 3 amide bonds. The summed E-state index contributed by atoms with van der Waals surface area (Å²) in [6.07, 6.45) is 1.68. The number of piperidine rings is 1. The predicted octanol–water partition coefficient (Wildman–Crippen LogP) is 2.21. The molecule has 1 aliphatic heterocycles. The van der Waals surface area contributed by atoms with E-state index in [1.54, 1.807) is 24.3 Å². The highest BCUT2D eigenvalue weighted by atomic mass is 16.2. The lowest BCUT2D eigenvalue weighted by Gasteiger charge is -2.31. The molecule has 3 N–H and O–H groups in total. The number of amides is 3. The van der Waals surface area contributed by atoms with E-state index in [2.05, 4.69) is 5.32 Å². The predicted molar refractivity (Wildman–Crippen MR) is 103 cm³/mol. The number of nitrogens with zero attached hydrogens (tertiary/aromatic N) is 1. The van der Waals surface area contributed by atoms with Gasteiger partial charge < -0.3 is 16.0 Å². The molecule has 1 saturated heterocycles. The number of anilines is 1. The summed E-state index contributed by atoms with van der Waals surface area (Å²) in [5.74, 6) is -0.582. The van der Waals surface area contributed by atoms with E-state index in [0.717, 1.165) is 5.56 Å². The van der Waals surface area contributed by atoms with Gasteiger partial charge in [-0.25, -0.2) is 0 Å². The van der Waals surface area contributed by atoms with Crippen LogP contribution in [0.25, 0.3) is 0 Å². The Morgan fingerprint density at radius 2 is 1.59 bits per heavy atom. The fraction of sp³-hybridized carbons (Fsp3) is 0.286. The van der Waals surface area contributed by atoms with E-state index >= 15 is 0 Å². The number of likely N-dealkylation sites (tertiary alicyclic amines) is 1. The van der Waals surface area contributed by atoms with Gasteiger partial charge in [0.15, 0.2) is 0 Å². The lowest BCUT2D eigenvalue weighted by atomic mass is 9.95. The third-order valence-electron chi connectivity index (χ3n) is 4.85. The Morgan fingerprint density at radius 3 is 2.19 bits per heavy atom. The van der Waals surface area contributed by atoms with Crippen LogP contribution < -0.4 is 11.1 Å². The van der Waals surface area contributed by atoms with Crippen LogP contribution in [0.3, 0.4) is 0 Å². The highest BCUT2D eigenvalue weighted by molar-refractivity contribution is 5.95. The summed E-state index contributed by atoms with van der Waals surface area (Å²) < 4.78 is 0. The summed E-state index contributed by atoms with van der Waals surface area (Å²) in [4.78, 5) is 37.8. The molecule has 2 aromatic rings. The maximum absolute atomic E-state index is 12.4. The zero-order valence-corrected chi connectivity index (χ0v) is 15.1. The largest absolute Gasteiger partial charge is 0.366 e. The van der Waals surface area contributed by atoms with Gasteiger partial charge >= 0.3 is 0 Å². The molecule has 6 nitrogen and oxygen atoms in total. The van der Waals surface area contributed by atoms with Crippen LogP contribution in [-0.2, 0) is 16.0 Å². The van der Waals surface area contributed by atoms with Gasteiger partial charge in [0, 0.05) is 30.3 Å². The van der Waals surface area contributed by atoms with E-state index in [1.165, 1.54) is 0 Å². The van der Waals surface area contributed by atoms with Gasteiger partial charge in [-0.05, 0) is 42.7 Å². The van der Waals surface area contributed by atoms with E-state index in [-0.39, 0.29) is 17.7 Å². The number of primary amides is 1. The summed E-state index contributed by atoms with van der Waals surface area (Å²) in [5.41, 5.74) is 7.24. The molecule has 140 valence electrons. The van der Waals surface area contributed by atoms with Crippen molar-refractivity contribution in [2.45, 2.75) is 19.3 Å². The van der Waals surface area contributed by atoms with Crippen LogP contribution in [-0.4, -0.2) is 35.7 Å². The molecule has 2 aromatic carbocycles. The number of benzene rings is 2. The van der Waals surface area contributed by atoms with Crippen LogP contribution in [0.15, 0.2) is 54.6 Å². The first kappa shape index (κ1) is 18.6. The van der Waals surface area contributed by atoms with E-state index < -0.39 is 5.91 Å². The van der Waals surface area contributed by atoms with Crippen molar-refractivity contribution < 1.29 is 14.4 Å². The monoisotopic (exact) mass is 365 g/mol. The molecule has 3 rings (SSSR count). The molecule has 0 spiro atoms. The smallest absolute Gasteiger partial charge is 0.248 e. The minimum Gasteiger partial charge on any atom is -0.366 e. The van der Waals surface area contributed by atoms with Crippen molar-refractivity contribution in [1.29, 1.82) is 0 Å². The first-order chi connectivity index (χ1) is 13.0. The average Bonchev–Trinajstić information content (AvgIpc) is 2.69. The Kier molecular flexibility index (Phi) is 5.86. The highest BCUT2D eigenvalue weighted by Gasteiger charge is 2.27. The van der Waals surface area contributed by atoms with Crippen molar-refractivity contribution in [3.05, 3.63) is 65.7 Å². The maximum atomic E-state index is 12.4. The summed E-state index contributed by atoms with van der Waals surface area (Å²) >= 11 is 0. The Balaban J connectivity index is 1.48. The van der Waals surface area contributed by atoms with Gasteiger partial charge in [0.25, 0.3) is 0 Å². The van der Waals surface area contributed by atoms with Crippen molar-refractivity contribution >= 4 is 23.4 Å². The van der Waals surface area contributed by atoms with Crippen molar-refractivity contribution in [3.63, 3.8) is 0 Å². The topological polar surface area (TPSA) is 92.5 Å². The highest BCUT2D eigenvalue weighted by Crippen LogP contribution is 2.20. The van der Waals surface area contributed by atoms with Crippen molar-refractivity contribution in [3.8, 4) is 0 Å². The molecule has 1 fully saturated rings. The van der Waals surface area contributed by atoms with Crippen molar-refractivity contribution in [1.82, 2.24) is 4.90 Å². The molecule has 6 heteroatoms. The molecule has 1 heterocycles. The summed E-state index contributed by atoms with van der Waals surface area (Å²) in [6, 6.07) is 16.2. The second-order valence-electron chi connectivity index (χ2n) is 6.75. The van der Waals surface area contributed by atoms with Gasteiger partial charge in [-0.2, -0.15) is 0 Å². The summed E-state index contributed by atoms with van der Waals surface area (Å²) in [5, 5.41) is 2.87. The number of rotatable bonds is 5. The van der Waals surface area contributed by atoms with Crippen LogP contribution in [0.5, 0.6) is 0 Å². The van der Waals surface area contributed by atoms with E-state index in [1.807, 2.05) is 35.2 Å². The minimum atomic E-state index is -0.500. The molecular weight excluding hydrogens is 342 g/mol. The Morgan fingerprint density at radius 1 is 0.963 bits per heavy atom. The molecule has 1 aliphatic rings. The van der Waals surface area contributed by atoms with Gasteiger partial charge in [-0.15, -0.1) is 0 Å². The zero-order chi connectivity index (χ0) is 19.2. The molecule has 0 unspecified atom stereocenters. The number of carbonyl (C=O) groups is 3. The number of nitrogens with one attached hydrogen (secondary N) is 1. The van der Waals surface area contributed by atoms with Crippen LogP contribution in [0.4, 0.5) is 5.69 Å². The molecule has 0 bridgehead atoms. The quantitative estimate of drug-likeness (QED) is 0.851. The molecule has 27 heavy (non-hydrogen) atoms.